The van der Waals surface area contributed by atoms with Crippen molar-refractivity contribution in [3.05, 3.63) is 35.9 Å². The number of carbonyl (C=O) groups is 3. The number of benzene rings is 1. The van der Waals surface area contributed by atoms with Gasteiger partial charge in [0.05, 0.1) is 0 Å². The fourth-order valence-corrected chi connectivity index (χ4v) is 2.38. The fourth-order valence-electron chi connectivity index (χ4n) is 2.38. The molecule has 0 saturated carbocycles. The lowest BCUT2D eigenvalue weighted by Crippen LogP contribution is -2.26. The number of hydrogen-bond donors (Lipinski definition) is 3. The Morgan fingerprint density at radius 2 is 1.36 bits per heavy atom. The van der Waals surface area contributed by atoms with E-state index in [2.05, 4.69) is 10.6 Å². The van der Waals surface area contributed by atoms with Crippen LogP contribution in [0.2, 0.25) is 0 Å². The molecular formula is C19H28N2O4. The first-order chi connectivity index (χ1) is 12.1. The predicted octanol–water partition coefficient (Wildman–Crippen LogP) is 2.74. The van der Waals surface area contributed by atoms with E-state index in [0.717, 1.165) is 32.1 Å². The summed E-state index contributed by atoms with van der Waals surface area (Å²) in [6, 6.07) is 9.05. The Balaban J connectivity index is 1.93. The van der Waals surface area contributed by atoms with Gasteiger partial charge in [-0.15, -0.1) is 0 Å². The normalized spacial score (nSPS) is 10.2. The van der Waals surface area contributed by atoms with E-state index in [4.69, 9.17) is 5.11 Å². The van der Waals surface area contributed by atoms with Gasteiger partial charge >= 0.3 is 5.97 Å². The molecule has 0 aliphatic heterocycles. The van der Waals surface area contributed by atoms with Crippen LogP contribution >= 0.6 is 0 Å². The summed E-state index contributed by atoms with van der Waals surface area (Å²) >= 11 is 0. The van der Waals surface area contributed by atoms with E-state index in [1.807, 2.05) is 18.2 Å². The molecule has 0 heterocycles. The lowest BCUT2D eigenvalue weighted by Gasteiger charge is -2.06. The molecule has 1 aromatic rings. The van der Waals surface area contributed by atoms with Crippen molar-refractivity contribution in [2.45, 2.75) is 51.4 Å². The van der Waals surface area contributed by atoms with Gasteiger partial charge < -0.3 is 15.7 Å². The first-order valence-electron chi connectivity index (χ1n) is 8.91. The topological polar surface area (TPSA) is 95.5 Å². The van der Waals surface area contributed by atoms with Crippen LogP contribution in [-0.2, 0) is 9.59 Å². The highest BCUT2D eigenvalue weighted by Gasteiger charge is 2.04. The zero-order valence-corrected chi connectivity index (χ0v) is 14.6. The van der Waals surface area contributed by atoms with E-state index in [-0.39, 0.29) is 18.2 Å². The Bertz CT molecular complexity index is 531. The van der Waals surface area contributed by atoms with Crippen molar-refractivity contribution >= 4 is 17.8 Å². The molecule has 0 unspecified atom stereocenters. The number of amides is 2. The number of carbonyl (C=O) groups excluding carboxylic acids is 2. The highest BCUT2D eigenvalue weighted by molar-refractivity contribution is 5.94. The maximum Gasteiger partial charge on any atom is 0.303 e. The fraction of sp³-hybridized carbons (Fsp3) is 0.526. The molecular weight excluding hydrogens is 320 g/mol. The van der Waals surface area contributed by atoms with Gasteiger partial charge in [-0.1, -0.05) is 31.0 Å². The molecule has 0 atom stereocenters. The zero-order chi connectivity index (χ0) is 18.3. The molecule has 0 saturated heterocycles. The van der Waals surface area contributed by atoms with Crippen molar-refractivity contribution in [2.24, 2.45) is 0 Å². The van der Waals surface area contributed by atoms with Gasteiger partial charge in [-0.05, 0) is 37.8 Å². The molecule has 0 spiro atoms. The molecule has 6 heteroatoms. The molecule has 1 aromatic carbocycles. The lowest BCUT2D eigenvalue weighted by molar-refractivity contribution is -0.137. The standard InChI is InChI=1S/C19H28N2O4/c22-17(20-14-8-2-1-6-13-18(23)24)12-7-9-15-21-19(25)16-10-4-3-5-11-16/h3-5,10-11H,1-2,6-9,12-15H2,(H,20,22)(H,21,25)(H,23,24). The number of aliphatic carboxylic acids is 1. The Morgan fingerprint density at radius 1 is 0.760 bits per heavy atom. The average Bonchev–Trinajstić information content (AvgIpc) is 2.61. The molecule has 1 rings (SSSR count). The number of nitrogens with one attached hydrogen (secondary N) is 2. The van der Waals surface area contributed by atoms with Crippen LogP contribution < -0.4 is 10.6 Å². The first kappa shape index (κ1) is 20.7. The summed E-state index contributed by atoms with van der Waals surface area (Å²) in [5.74, 6) is -0.818. The van der Waals surface area contributed by atoms with Crippen LogP contribution in [0.25, 0.3) is 0 Å². The van der Waals surface area contributed by atoms with Gasteiger partial charge in [-0.2, -0.15) is 0 Å². The Hall–Kier alpha value is -2.37. The average molecular weight is 348 g/mol. The van der Waals surface area contributed by atoms with Crippen LogP contribution in [0, 0.1) is 0 Å². The van der Waals surface area contributed by atoms with E-state index in [0.29, 0.717) is 31.5 Å². The third kappa shape index (κ3) is 10.9. The monoisotopic (exact) mass is 348 g/mol. The molecule has 2 amide bonds. The molecule has 6 nitrogen and oxygen atoms in total. The van der Waals surface area contributed by atoms with Crippen molar-refractivity contribution in [3.8, 4) is 0 Å². The van der Waals surface area contributed by atoms with Gasteiger partial charge in [-0.3, -0.25) is 14.4 Å². The largest absolute Gasteiger partial charge is 0.481 e. The van der Waals surface area contributed by atoms with Crippen molar-refractivity contribution in [1.82, 2.24) is 10.6 Å². The minimum atomic E-state index is -0.756. The molecule has 138 valence electrons. The first-order valence-corrected chi connectivity index (χ1v) is 8.91. The van der Waals surface area contributed by atoms with E-state index in [9.17, 15) is 14.4 Å². The number of carboxylic acids is 1. The van der Waals surface area contributed by atoms with Gasteiger partial charge in [0.1, 0.15) is 0 Å². The number of unbranched alkanes of at least 4 members (excludes halogenated alkanes) is 4. The van der Waals surface area contributed by atoms with Crippen molar-refractivity contribution < 1.29 is 19.5 Å². The minimum Gasteiger partial charge on any atom is -0.481 e. The molecule has 0 fully saturated rings. The molecule has 25 heavy (non-hydrogen) atoms. The second-order valence-corrected chi connectivity index (χ2v) is 5.99. The molecule has 0 radical (unpaired) electrons. The molecule has 0 bridgehead atoms. The maximum absolute atomic E-state index is 11.8. The van der Waals surface area contributed by atoms with E-state index < -0.39 is 5.97 Å². The van der Waals surface area contributed by atoms with Crippen molar-refractivity contribution in [3.63, 3.8) is 0 Å². The van der Waals surface area contributed by atoms with Crippen LogP contribution in [-0.4, -0.2) is 36.0 Å². The van der Waals surface area contributed by atoms with Crippen LogP contribution in [0.3, 0.4) is 0 Å². The Morgan fingerprint density at radius 3 is 2.08 bits per heavy atom. The van der Waals surface area contributed by atoms with Gasteiger partial charge in [-0.25, -0.2) is 0 Å². The second kappa shape index (κ2) is 13.0. The summed E-state index contributed by atoms with van der Waals surface area (Å²) < 4.78 is 0. The van der Waals surface area contributed by atoms with Crippen LogP contribution in [0.4, 0.5) is 0 Å². The summed E-state index contributed by atoms with van der Waals surface area (Å²) in [7, 11) is 0. The number of carboxylic acid groups (broad SMARTS) is 1. The lowest BCUT2D eigenvalue weighted by atomic mass is 10.1. The molecule has 0 aliphatic rings. The van der Waals surface area contributed by atoms with Gasteiger partial charge in [0, 0.05) is 31.5 Å². The third-order valence-electron chi connectivity index (χ3n) is 3.79. The molecule has 0 aliphatic carbocycles. The summed E-state index contributed by atoms with van der Waals surface area (Å²) in [5.41, 5.74) is 0.642. The van der Waals surface area contributed by atoms with Gasteiger partial charge in [0.2, 0.25) is 5.91 Å². The SMILES string of the molecule is O=C(O)CCCCCCNC(=O)CCCCNC(=O)c1ccccc1. The summed E-state index contributed by atoms with van der Waals surface area (Å²) in [4.78, 5) is 33.8. The summed E-state index contributed by atoms with van der Waals surface area (Å²) in [5, 5.41) is 14.2. The Labute approximate surface area is 149 Å². The zero-order valence-electron chi connectivity index (χ0n) is 14.6. The number of hydrogen-bond acceptors (Lipinski definition) is 3. The highest BCUT2D eigenvalue weighted by atomic mass is 16.4. The van der Waals surface area contributed by atoms with E-state index >= 15 is 0 Å². The minimum absolute atomic E-state index is 0.0277. The van der Waals surface area contributed by atoms with Crippen molar-refractivity contribution in [1.29, 1.82) is 0 Å². The van der Waals surface area contributed by atoms with Crippen LogP contribution in [0.15, 0.2) is 30.3 Å². The highest BCUT2D eigenvalue weighted by Crippen LogP contribution is 2.03. The van der Waals surface area contributed by atoms with Gasteiger partial charge in [0.15, 0.2) is 0 Å². The summed E-state index contributed by atoms with van der Waals surface area (Å²) in [6.45, 7) is 1.20. The quantitative estimate of drug-likeness (QED) is 0.478. The number of rotatable bonds is 13. The van der Waals surface area contributed by atoms with E-state index in [1.165, 1.54) is 0 Å². The predicted molar refractivity (Wildman–Crippen MR) is 96.4 cm³/mol. The smallest absolute Gasteiger partial charge is 0.303 e. The van der Waals surface area contributed by atoms with Crippen LogP contribution in [0.1, 0.15) is 61.7 Å². The maximum atomic E-state index is 11.8. The molecule has 3 N–H and O–H groups in total. The Kier molecular flexibility index (Phi) is 10.7. The van der Waals surface area contributed by atoms with Gasteiger partial charge in [0.25, 0.3) is 5.91 Å². The van der Waals surface area contributed by atoms with Crippen molar-refractivity contribution in [2.75, 3.05) is 13.1 Å². The third-order valence-corrected chi connectivity index (χ3v) is 3.79. The van der Waals surface area contributed by atoms with E-state index in [1.54, 1.807) is 12.1 Å². The molecule has 0 aromatic heterocycles. The van der Waals surface area contributed by atoms with Crippen LogP contribution in [0.5, 0.6) is 0 Å². The summed E-state index contributed by atoms with van der Waals surface area (Å²) in [6.07, 6.45) is 5.55. The second-order valence-electron chi connectivity index (χ2n) is 5.99.